The minimum atomic E-state index is -0.527. The highest BCUT2D eigenvalue weighted by Crippen LogP contribution is 2.31. The van der Waals surface area contributed by atoms with Gasteiger partial charge in [-0.15, -0.1) is 0 Å². The SMILES string of the molecule is CC(C)(I)OC(=O)N1CCC(c2ccc(-c3cnc(N4CCOCC4)c4nc(COc5ccc6ccccc6n5)cn34)cn2)CC1. The van der Waals surface area contributed by atoms with E-state index in [2.05, 4.69) is 49.0 Å². The number of rotatable bonds is 7. The van der Waals surface area contributed by atoms with Crippen LogP contribution in [0.5, 0.6) is 5.88 Å². The molecule has 0 atom stereocenters. The lowest BCUT2D eigenvalue weighted by molar-refractivity contribution is 0.0624. The second-order valence-corrected chi connectivity index (χ2v) is 14.7. The van der Waals surface area contributed by atoms with E-state index in [1.165, 1.54) is 0 Å². The number of pyridine rings is 2. The van der Waals surface area contributed by atoms with Gasteiger partial charge in [0.25, 0.3) is 0 Å². The van der Waals surface area contributed by atoms with E-state index in [9.17, 15) is 4.79 Å². The van der Waals surface area contributed by atoms with Gasteiger partial charge in [0.1, 0.15) is 6.61 Å². The van der Waals surface area contributed by atoms with Crippen LogP contribution in [0.15, 0.2) is 67.1 Å². The summed E-state index contributed by atoms with van der Waals surface area (Å²) in [5.41, 5.74) is 5.30. The number of morpholine rings is 1. The molecule has 46 heavy (non-hydrogen) atoms. The fourth-order valence-electron chi connectivity index (χ4n) is 6.00. The summed E-state index contributed by atoms with van der Waals surface area (Å²) in [6, 6.07) is 16.1. The molecule has 0 radical (unpaired) electrons. The summed E-state index contributed by atoms with van der Waals surface area (Å²) < 4.78 is 18.8. The van der Waals surface area contributed by atoms with Crippen molar-refractivity contribution < 1.29 is 19.0 Å². The number of anilines is 1. The summed E-state index contributed by atoms with van der Waals surface area (Å²) in [6.45, 7) is 8.16. The molecule has 0 spiro atoms. The number of ether oxygens (including phenoxy) is 3. The van der Waals surface area contributed by atoms with Gasteiger partial charge >= 0.3 is 6.09 Å². The number of nitrogens with zero attached hydrogens (tertiary/aromatic N) is 7. The van der Waals surface area contributed by atoms with E-state index in [0.717, 1.165) is 70.9 Å². The quantitative estimate of drug-likeness (QED) is 0.142. The molecular weight excluding hydrogens is 697 g/mol. The van der Waals surface area contributed by atoms with E-state index >= 15 is 0 Å². The molecule has 0 bridgehead atoms. The van der Waals surface area contributed by atoms with Crippen LogP contribution >= 0.6 is 22.6 Å². The van der Waals surface area contributed by atoms with Gasteiger partial charge in [0, 0.05) is 67.2 Å². The van der Waals surface area contributed by atoms with Crippen molar-refractivity contribution in [2.24, 2.45) is 0 Å². The molecular formula is C34H36IN7O4. The number of likely N-dealkylation sites (tertiary alicyclic amines) is 1. The van der Waals surface area contributed by atoms with Crippen LogP contribution in [0.4, 0.5) is 10.6 Å². The maximum atomic E-state index is 12.5. The molecule has 2 saturated heterocycles. The van der Waals surface area contributed by atoms with E-state index in [-0.39, 0.29) is 18.6 Å². The molecule has 2 aliphatic heterocycles. The van der Waals surface area contributed by atoms with Gasteiger partial charge in [0.2, 0.25) is 5.88 Å². The Morgan fingerprint density at radius 3 is 2.54 bits per heavy atom. The van der Waals surface area contributed by atoms with Crippen molar-refractivity contribution in [1.29, 1.82) is 0 Å². The van der Waals surface area contributed by atoms with Gasteiger partial charge in [0.05, 0.1) is 36.3 Å². The minimum absolute atomic E-state index is 0.253. The van der Waals surface area contributed by atoms with Crippen LogP contribution in [-0.4, -0.2) is 78.3 Å². The highest BCUT2D eigenvalue weighted by atomic mass is 127. The molecule has 6 heterocycles. The van der Waals surface area contributed by atoms with Crippen molar-refractivity contribution in [1.82, 2.24) is 29.2 Å². The fraction of sp³-hybridized carbons (Fsp3) is 0.382. The van der Waals surface area contributed by atoms with Gasteiger partial charge in [-0.25, -0.2) is 19.7 Å². The standard InChI is InChI=1S/C34H36IN7O4/c1-34(2,35)46-33(43)41-13-11-24(12-14-41)27-9-7-25(19-36-27)29-20-37-31(40-15-17-44-18-16-40)32-38-26(21-42(29)32)22-45-30-10-8-23-5-3-4-6-28(23)39-30/h3-10,19-21,24H,11-18,22H2,1-2H3. The predicted octanol–water partition coefficient (Wildman–Crippen LogP) is 6.24. The van der Waals surface area contributed by atoms with Crippen molar-refractivity contribution >= 4 is 51.1 Å². The lowest BCUT2D eigenvalue weighted by Crippen LogP contribution is -2.40. The second kappa shape index (κ2) is 13.0. The third-order valence-corrected chi connectivity index (χ3v) is 8.58. The first kappa shape index (κ1) is 30.6. The van der Waals surface area contributed by atoms with E-state index in [1.807, 2.05) is 68.8 Å². The molecule has 1 aromatic carbocycles. The van der Waals surface area contributed by atoms with Crippen LogP contribution in [-0.2, 0) is 16.1 Å². The van der Waals surface area contributed by atoms with Crippen molar-refractivity contribution in [2.45, 2.75) is 42.8 Å². The lowest BCUT2D eigenvalue weighted by Gasteiger charge is -2.32. The minimum Gasteiger partial charge on any atom is -0.471 e. The average Bonchev–Trinajstić information content (AvgIpc) is 3.51. The number of benzene rings is 1. The van der Waals surface area contributed by atoms with Gasteiger partial charge < -0.3 is 24.0 Å². The third kappa shape index (κ3) is 6.73. The molecule has 2 fully saturated rings. The van der Waals surface area contributed by atoms with Crippen molar-refractivity contribution in [3.63, 3.8) is 0 Å². The zero-order valence-corrected chi connectivity index (χ0v) is 28.1. The molecule has 0 unspecified atom stereocenters. The van der Waals surface area contributed by atoms with Gasteiger partial charge in [-0.3, -0.25) is 9.38 Å². The molecule has 1 amide bonds. The number of hydrogen-bond acceptors (Lipinski definition) is 9. The monoisotopic (exact) mass is 733 g/mol. The zero-order chi connectivity index (χ0) is 31.7. The molecule has 0 N–H and O–H groups in total. The maximum Gasteiger partial charge on any atom is 0.411 e. The van der Waals surface area contributed by atoms with Crippen molar-refractivity contribution in [2.75, 3.05) is 44.3 Å². The Morgan fingerprint density at radius 2 is 1.78 bits per heavy atom. The van der Waals surface area contributed by atoms with E-state index in [1.54, 1.807) is 4.90 Å². The summed E-state index contributed by atoms with van der Waals surface area (Å²) in [4.78, 5) is 35.9. The van der Waals surface area contributed by atoms with E-state index < -0.39 is 3.61 Å². The van der Waals surface area contributed by atoms with Gasteiger partial charge in [-0.05, 0) is 73.5 Å². The number of hydrogen-bond donors (Lipinski definition) is 0. The number of imidazole rings is 1. The first-order valence-electron chi connectivity index (χ1n) is 15.6. The topological polar surface area (TPSA) is 107 Å². The molecule has 0 saturated carbocycles. The Hall–Kier alpha value is -4.04. The molecule has 5 aromatic rings. The van der Waals surface area contributed by atoms with Crippen LogP contribution in [0, 0.1) is 0 Å². The number of para-hydroxylation sites is 1. The van der Waals surface area contributed by atoms with Gasteiger partial charge in [-0.1, -0.05) is 18.2 Å². The number of amides is 1. The first-order valence-corrected chi connectivity index (χ1v) is 16.7. The van der Waals surface area contributed by atoms with Crippen molar-refractivity contribution in [3.8, 4) is 17.1 Å². The third-order valence-electron chi connectivity index (χ3n) is 8.36. The molecule has 238 valence electrons. The summed E-state index contributed by atoms with van der Waals surface area (Å²) in [7, 11) is 0. The maximum absolute atomic E-state index is 12.5. The predicted molar refractivity (Wildman–Crippen MR) is 183 cm³/mol. The van der Waals surface area contributed by atoms with Gasteiger partial charge in [-0.2, -0.15) is 0 Å². The molecule has 0 aliphatic carbocycles. The van der Waals surface area contributed by atoms with Crippen LogP contribution in [0.3, 0.4) is 0 Å². The highest BCUT2D eigenvalue weighted by Gasteiger charge is 2.29. The number of alkyl halides is 1. The van der Waals surface area contributed by atoms with Crippen molar-refractivity contribution in [3.05, 3.63) is 78.5 Å². The largest absolute Gasteiger partial charge is 0.471 e. The molecule has 2 aliphatic rings. The summed E-state index contributed by atoms with van der Waals surface area (Å²) >= 11 is 2.13. The Kier molecular flexibility index (Phi) is 8.64. The molecule has 12 heteroatoms. The fourth-order valence-corrected chi connectivity index (χ4v) is 6.19. The van der Waals surface area contributed by atoms with Crippen LogP contribution in [0.1, 0.15) is 44.0 Å². The molecule has 11 nitrogen and oxygen atoms in total. The number of fused-ring (bicyclic) bond motifs is 2. The van der Waals surface area contributed by atoms with Crippen LogP contribution in [0.25, 0.3) is 27.8 Å². The molecule has 4 aromatic heterocycles. The number of piperidine rings is 1. The zero-order valence-electron chi connectivity index (χ0n) is 25.9. The number of halogens is 1. The number of carbonyl (C=O) groups is 1. The Morgan fingerprint density at radius 1 is 0.978 bits per heavy atom. The van der Waals surface area contributed by atoms with E-state index in [4.69, 9.17) is 29.2 Å². The Balaban J connectivity index is 1.11. The van der Waals surface area contributed by atoms with Crippen LogP contribution in [0.2, 0.25) is 0 Å². The van der Waals surface area contributed by atoms with E-state index in [0.29, 0.717) is 32.2 Å². The Bertz CT molecular complexity index is 1840. The van der Waals surface area contributed by atoms with Crippen LogP contribution < -0.4 is 9.64 Å². The molecule has 7 rings (SSSR count). The summed E-state index contributed by atoms with van der Waals surface area (Å²) in [5.74, 6) is 1.66. The number of carbonyl (C=O) groups excluding carboxylic acids is 1. The smallest absolute Gasteiger partial charge is 0.411 e. The number of aromatic nitrogens is 5. The van der Waals surface area contributed by atoms with Gasteiger partial charge in [0.15, 0.2) is 15.1 Å². The summed E-state index contributed by atoms with van der Waals surface area (Å²) in [6.07, 6.45) is 7.26. The highest BCUT2D eigenvalue weighted by molar-refractivity contribution is 14.1. The average molecular weight is 734 g/mol. The summed E-state index contributed by atoms with van der Waals surface area (Å²) in [5, 5.41) is 1.07. The second-order valence-electron chi connectivity index (χ2n) is 12.1. The first-order chi connectivity index (χ1) is 22.3. The normalized spacial score (nSPS) is 16.2. The lowest BCUT2D eigenvalue weighted by atomic mass is 9.93. The Labute approximate surface area is 281 Å².